The van der Waals surface area contributed by atoms with E-state index in [1.807, 2.05) is 85.8 Å². The summed E-state index contributed by atoms with van der Waals surface area (Å²) in [5.74, 6) is 0.547. The maximum atomic E-state index is 13.6. The van der Waals surface area contributed by atoms with E-state index in [0.717, 1.165) is 20.3 Å². The highest BCUT2D eigenvalue weighted by Crippen LogP contribution is 2.18. The van der Waals surface area contributed by atoms with Crippen LogP contribution in [0.1, 0.15) is 30.5 Å². The first-order chi connectivity index (χ1) is 16.8. The van der Waals surface area contributed by atoms with Crippen LogP contribution in [0.2, 0.25) is 0 Å². The van der Waals surface area contributed by atoms with Gasteiger partial charge in [-0.3, -0.25) is 9.59 Å². The molecule has 0 bridgehead atoms. The van der Waals surface area contributed by atoms with Crippen LogP contribution in [0.4, 0.5) is 0 Å². The van der Waals surface area contributed by atoms with E-state index in [2.05, 4.69) is 41.8 Å². The van der Waals surface area contributed by atoms with Gasteiger partial charge in [0, 0.05) is 23.1 Å². The molecule has 0 aliphatic rings. The van der Waals surface area contributed by atoms with Crippen molar-refractivity contribution in [3.8, 4) is 5.75 Å². The average molecular weight is 584 g/mol. The fourth-order valence-electron chi connectivity index (χ4n) is 3.71. The Bertz CT molecular complexity index is 1100. The molecule has 0 fully saturated rings. The molecule has 0 aliphatic heterocycles. The third-order valence-electron chi connectivity index (χ3n) is 5.73. The van der Waals surface area contributed by atoms with Crippen molar-refractivity contribution in [3.63, 3.8) is 0 Å². The molecule has 0 aliphatic carbocycles. The highest BCUT2D eigenvalue weighted by Gasteiger charge is 2.31. The van der Waals surface area contributed by atoms with Gasteiger partial charge in [-0.2, -0.15) is 0 Å². The van der Waals surface area contributed by atoms with Gasteiger partial charge in [0.1, 0.15) is 11.8 Å². The van der Waals surface area contributed by atoms with Gasteiger partial charge in [-0.15, -0.1) is 0 Å². The molecule has 3 aromatic carbocycles. The molecule has 1 N–H and O–H groups in total. The van der Waals surface area contributed by atoms with Gasteiger partial charge in [-0.05, 0) is 76.4 Å². The minimum atomic E-state index is -0.663. The summed E-state index contributed by atoms with van der Waals surface area (Å²) in [6.07, 6.45) is 0.423. The Kier molecular flexibility index (Phi) is 10.1. The van der Waals surface area contributed by atoms with Crippen LogP contribution in [0.25, 0.3) is 0 Å². The standard InChI is InChI=1S/C29H33IN2O3/c1-21(2)18-31-29(34)27(17-23-10-5-4-6-11-23)32(19-24-12-8-7-9-22(24)3)28(33)20-35-26-15-13-25(30)14-16-26/h4-16,21,27H,17-20H2,1-3H3,(H,31,34)/t27-/m1/s1. The van der Waals surface area contributed by atoms with Gasteiger partial charge >= 0.3 is 0 Å². The Hall–Kier alpha value is -2.87. The Morgan fingerprint density at radius 3 is 2.26 bits per heavy atom. The summed E-state index contributed by atoms with van der Waals surface area (Å²) in [6, 6.07) is 24.7. The van der Waals surface area contributed by atoms with Crippen molar-refractivity contribution in [2.45, 2.75) is 39.8 Å². The van der Waals surface area contributed by atoms with Crippen LogP contribution in [0.5, 0.6) is 5.75 Å². The number of carbonyl (C=O) groups excluding carboxylic acids is 2. The number of benzene rings is 3. The minimum absolute atomic E-state index is 0.144. The molecule has 0 aromatic heterocycles. The van der Waals surface area contributed by atoms with Crippen LogP contribution >= 0.6 is 22.6 Å². The zero-order valence-electron chi connectivity index (χ0n) is 20.5. The van der Waals surface area contributed by atoms with E-state index < -0.39 is 6.04 Å². The molecule has 0 spiro atoms. The van der Waals surface area contributed by atoms with Gasteiger partial charge in [-0.1, -0.05) is 68.4 Å². The molecule has 6 heteroatoms. The lowest BCUT2D eigenvalue weighted by Crippen LogP contribution is -2.52. The summed E-state index contributed by atoms with van der Waals surface area (Å²) in [7, 11) is 0. The van der Waals surface area contributed by atoms with Crippen molar-refractivity contribution in [1.82, 2.24) is 10.2 Å². The van der Waals surface area contributed by atoms with Crippen molar-refractivity contribution < 1.29 is 14.3 Å². The molecule has 3 rings (SSSR count). The maximum Gasteiger partial charge on any atom is 0.261 e. The van der Waals surface area contributed by atoms with Crippen molar-refractivity contribution in [1.29, 1.82) is 0 Å². The van der Waals surface area contributed by atoms with Crippen LogP contribution in [0.15, 0.2) is 78.9 Å². The van der Waals surface area contributed by atoms with E-state index >= 15 is 0 Å². The third-order valence-corrected chi connectivity index (χ3v) is 6.45. The first kappa shape index (κ1) is 26.7. The summed E-state index contributed by atoms with van der Waals surface area (Å²) < 4.78 is 6.91. The number of hydrogen-bond donors (Lipinski definition) is 1. The Balaban J connectivity index is 1.90. The predicted octanol–water partition coefficient (Wildman–Crippen LogP) is 5.39. The van der Waals surface area contributed by atoms with Crippen LogP contribution in [-0.4, -0.2) is 35.9 Å². The van der Waals surface area contributed by atoms with Gasteiger partial charge in [0.2, 0.25) is 5.91 Å². The molecule has 0 heterocycles. The highest BCUT2D eigenvalue weighted by atomic mass is 127. The molecule has 3 aromatic rings. The monoisotopic (exact) mass is 584 g/mol. The number of halogens is 1. The van der Waals surface area contributed by atoms with Gasteiger partial charge in [0.25, 0.3) is 5.91 Å². The number of carbonyl (C=O) groups is 2. The van der Waals surface area contributed by atoms with E-state index in [4.69, 9.17) is 4.74 Å². The molecule has 0 saturated carbocycles. The van der Waals surface area contributed by atoms with E-state index in [1.165, 1.54) is 0 Å². The predicted molar refractivity (Wildman–Crippen MR) is 148 cm³/mol. The van der Waals surface area contributed by atoms with Gasteiger partial charge in [-0.25, -0.2) is 0 Å². The largest absolute Gasteiger partial charge is 0.484 e. The lowest BCUT2D eigenvalue weighted by atomic mass is 10.0. The van der Waals surface area contributed by atoms with Crippen LogP contribution in [0, 0.1) is 16.4 Å². The summed E-state index contributed by atoms with van der Waals surface area (Å²) in [4.78, 5) is 28.7. The number of aryl methyl sites for hydroxylation is 1. The highest BCUT2D eigenvalue weighted by molar-refractivity contribution is 14.1. The van der Waals surface area contributed by atoms with Crippen molar-refractivity contribution in [3.05, 3.63) is 99.1 Å². The first-order valence-electron chi connectivity index (χ1n) is 11.9. The molecular formula is C29H33IN2O3. The molecular weight excluding hydrogens is 551 g/mol. The molecule has 5 nitrogen and oxygen atoms in total. The Labute approximate surface area is 222 Å². The lowest BCUT2D eigenvalue weighted by Gasteiger charge is -2.32. The molecule has 0 unspecified atom stereocenters. The van der Waals surface area contributed by atoms with Gasteiger partial charge in [0.05, 0.1) is 0 Å². The van der Waals surface area contributed by atoms with Crippen molar-refractivity contribution in [2.75, 3.05) is 13.2 Å². The zero-order valence-corrected chi connectivity index (χ0v) is 22.7. The molecule has 0 saturated heterocycles. The normalized spacial score (nSPS) is 11.7. The fraction of sp³-hybridized carbons (Fsp3) is 0.310. The smallest absolute Gasteiger partial charge is 0.261 e. The number of nitrogens with zero attached hydrogens (tertiary/aromatic N) is 1. The number of amides is 2. The van der Waals surface area contributed by atoms with E-state index in [0.29, 0.717) is 31.2 Å². The first-order valence-corrected chi connectivity index (χ1v) is 13.0. The van der Waals surface area contributed by atoms with E-state index in [9.17, 15) is 9.59 Å². The second-order valence-corrected chi connectivity index (χ2v) is 10.3. The summed E-state index contributed by atoms with van der Waals surface area (Å²) >= 11 is 2.23. The molecule has 0 radical (unpaired) electrons. The Morgan fingerprint density at radius 2 is 1.60 bits per heavy atom. The maximum absolute atomic E-state index is 13.6. The average Bonchev–Trinajstić information content (AvgIpc) is 2.85. The van der Waals surface area contributed by atoms with E-state index in [1.54, 1.807) is 4.90 Å². The minimum Gasteiger partial charge on any atom is -0.484 e. The summed E-state index contributed by atoms with van der Waals surface area (Å²) in [6.45, 7) is 6.86. The summed E-state index contributed by atoms with van der Waals surface area (Å²) in [5.41, 5.74) is 3.08. The van der Waals surface area contributed by atoms with Crippen molar-refractivity contribution in [2.24, 2.45) is 5.92 Å². The van der Waals surface area contributed by atoms with E-state index in [-0.39, 0.29) is 18.4 Å². The lowest BCUT2D eigenvalue weighted by molar-refractivity contribution is -0.142. The number of ether oxygens (including phenoxy) is 1. The second-order valence-electron chi connectivity index (χ2n) is 9.04. The van der Waals surface area contributed by atoms with Crippen molar-refractivity contribution >= 4 is 34.4 Å². The van der Waals surface area contributed by atoms with Gasteiger partial charge < -0.3 is 15.0 Å². The SMILES string of the molecule is Cc1ccccc1CN(C(=O)COc1ccc(I)cc1)[C@H](Cc1ccccc1)C(=O)NCC(C)C. The zero-order chi connectivity index (χ0) is 25.2. The molecule has 184 valence electrons. The molecule has 2 amide bonds. The second kappa shape index (κ2) is 13.3. The number of hydrogen-bond acceptors (Lipinski definition) is 3. The Morgan fingerprint density at radius 1 is 0.943 bits per heavy atom. The third kappa shape index (κ3) is 8.38. The van der Waals surface area contributed by atoms with Crippen LogP contribution in [0.3, 0.4) is 0 Å². The van der Waals surface area contributed by atoms with Crippen LogP contribution < -0.4 is 10.1 Å². The van der Waals surface area contributed by atoms with Gasteiger partial charge in [0.15, 0.2) is 6.61 Å². The number of rotatable bonds is 11. The van der Waals surface area contributed by atoms with Crippen LogP contribution in [-0.2, 0) is 22.6 Å². The fourth-order valence-corrected chi connectivity index (χ4v) is 4.07. The molecule has 35 heavy (non-hydrogen) atoms. The molecule has 1 atom stereocenters. The summed E-state index contributed by atoms with van der Waals surface area (Å²) in [5, 5.41) is 3.04. The number of nitrogens with one attached hydrogen (secondary N) is 1. The topological polar surface area (TPSA) is 58.6 Å². The quantitative estimate of drug-likeness (QED) is 0.308.